The van der Waals surface area contributed by atoms with Crippen molar-refractivity contribution in [3.63, 3.8) is 0 Å². The third-order valence-corrected chi connectivity index (χ3v) is 2.98. The number of halogens is 1. The summed E-state index contributed by atoms with van der Waals surface area (Å²) in [5.41, 5.74) is 1.31. The van der Waals surface area contributed by atoms with Gasteiger partial charge in [-0.3, -0.25) is 4.68 Å². The summed E-state index contributed by atoms with van der Waals surface area (Å²) in [6.07, 6.45) is 1.92. The van der Waals surface area contributed by atoms with Gasteiger partial charge in [0.15, 0.2) is 0 Å². The van der Waals surface area contributed by atoms with Crippen molar-refractivity contribution in [3.8, 4) is 0 Å². The molecular weight excluding hydrogens is 266 g/mol. The third kappa shape index (κ3) is 2.70. The molecule has 1 aromatic heterocycles. The van der Waals surface area contributed by atoms with Crippen LogP contribution in [0.4, 0.5) is 0 Å². The number of aryl methyl sites for hydroxylation is 4. The molecule has 0 amide bonds. The highest BCUT2D eigenvalue weighted by Crippen LogP contribution is 2.13. The van der Waals surface area contributed by atoms with E-state index in [2.05, 4.69) is 44.2 Å². The molecule has 0 fully saturated rings. The molecule has 0 N–H and O–H groups in total. The number of rotatable bonds is 3. The average Bonchev–Trinajstić information content (AvgIpc) is 2.54. The van der Waals surface area contributed by atoms with Crippen LogP contribution < -0.4 is 0 Å². The summed E-state index contributed by atoms with van der Waals surface area (Å²) in [6, 6.07) is 8.37. The van der Waals surface area contributed by atoms with Gasteiger partial charge in [-0.1, -0.05) is 28.1 Å². The lowest BCUT2D eigenvalue weighted by atomic mass is 10.1. The fourth-order valence-corrected chi connectivity index (χ4v) is 2.17. The van der Waals surface area contributed by atoms with Gasteiger partial charge in [0.25, 0.3) is 0 Å². The lowest BCUT2D eigenvalue weighted by Gasteiger charge is -2.01. The van der Waals surface area contributed by atoms with E-state index in [4.69, 9.17) is 0 Å². The molecule has 0 spiro atoms. The lowest BCUT2D eigenvalue weighted by molar-refractivity contribution is 0.689. The van der Waals surface area contributed by atoms with Gasteiger partial charge >= 0.3 is 0 Å². The Morgan fingerprint density at radius 1 is 1.31 bits per heavy atom. The molecule has 0 aliphatic heterocycles. The Bertz CT molecular complexity index is 491. The minimum absolute atomic E-state index is 0.840. The molecule has 0 radical (unpaired) electrons. The van der Waals surface area contributed by atoms with E-state index < -0.39 is 0 Å². The van der Waals surface area contributed by atoms with Crippen LogP contribution in [0.5, 0.6) is 0 Å². The highest BCUT2D eigenvalue weighted by Gasteiger charge is 2.04. The molecule has 0 bridgehead atoms. The van der Waals surface area contributed by atoms with Gasteiger partial charge in [0.2, 0.25) is 0 Å². The first-order valence-electron chi connectivity index (χ1n) is 5.26. The average molecular weight is 280 g/mol. The first kappa shape index (κ1) is 11.3. The zero-order valence-corrected chi connectivity index (χ0v) is 11.0. The summed E-state index contributed by atoms with van der Waals surface area (Å²) in [7, 11) is 1.94. The normalized spacial score (nSPS) is 10.7. The number of hydrogen-bond acceptors (Lipinski definition) is 2. The molecule has 0 atom stereocenters. The highest BCUT2D eigenvalue weighted by molar-refractivity contribution is 9.10. The van der Waals surface area contributed by atoms with Crippen LogP contribution in [-0.4, -0.2) is 14.8 Å². The topological polar surface area (TPSA) is 30.7 Å². The SMILES string of the molecule is Cc1nc(CCc2cccc(Br)c2)n(C)n1. The molecule has 3 nitrogen and oxygen atoms in total. The second-order valence-corrected chi connectivity index (χ2v) is 4.74. The van der Waals surface area contributed by atoms with E-state index in [1.54, 1.807) is 0 Å². The van der Waals surface area contributed by atoms with Gasteiger partial charge in [-0.05, 0) is 31.0 Å². The zero-order chi connectivity index (χ0) is 11.5. The second kappa shape index (κ2) is 4.78. The first-order chi connectivity index (χ1) is 7.65. The first-order valence-corrected chi connectivity index (χ1v) is 6.05. The summed E-state index contributed by atoms with van der Waals surface area (Å²) in [6.45, 7) is 1.92. The van der Waals surface area contributed by atoms with E-state index in [9.17, 15) is 0 Å². The minimum atomic E-state index is 0.840. The molecule has 0 saturated heterocycles. The summed E-state index contributed by atoms with van der Waals surface area (Å²) in [5.74, 6) is 1.88. The zero-order valence-electron chi connectivity index (χ0n) is 9.44. The summed E-state index contributed by atoms with van der Waals surface area (Å²) >= 11 is 3.47. The Balaban J connectivity index is 2.05. The lowest BCUT2D eigenvalue weighted by Crippen LogP contribution is -2.01. The number of hydrogen-bond donors (Lipinski definition) is 0. The van der Waals surface area contributed by atoms with E-state index >= 15 is 0 Å². The largest absolute Gasteiger partial charge is 0.253 e. The van der Waals surface area contributed by atoms with Crippen LogP contribution in [0, 0.1) is 6.92 Å². The van der Waals surface area contributed by atoms with E-state index in [0.29, 0.717) is 0 Å². The monoisotopic (exact) mass is 279 g/mol. The fourth-order valence-electron chi connectivity index (χ4n) is 1.72. The quantitative estimate of drug-likeness (QED) is 0.865. The molecule has 0 unspecified atom stereocenters. The van der Waals surface area contributed by atoms with Crippen molar-refractivity contribution in [3.05, 3.63) is 46.0 Å². The van der Waals surface area contributed by atoms with Crippen molar-refractivity contribution in [1.82, 2.24) is 14.8 Å². The number of benzene rings is 1. The van der Waals surface area contributed by atoms with Gasteiger partial charge in [0.1, 0.15) is 11.6 Å². The smallest absolute Gasteiger partial charge is 0.147 e. The summed E-state index contributed by atoms with van der Waals surface area (Å²) in [4.78, 5) is 4.39. The van der Waals surface area contributed by atoms with Crippen LogP contribution in [-0.2, 0) is 19.9 Å². The van der Waals surface area contributed by atoms with Gasteiger partial charge < -0.3 is 0 Å². The van der Waals surface area contributed by atoms with E-state index in [1.165, 1.54) is 5.56 Å². The van der Waals surface area contributed by atoms with Crippen molar-refractivity contribution >= 4 is 15.9 Å². The van der Waals surface area contributed by atoms with Crippen LogP contribution in [0.3, 0.4) is 0 Å². The molecule has 1 heterocycles. The molecule has 84 valence electrons. The van der Waals surface area contributed by atoms with Crippen LogP contribution in [0.2, 0.25) is 0 Å². The van der Waals surface area contributed by atoms with Crippen molar-refractivity contribution < 1.29 is 0 Å². The maximum Gasteiger partial charge on any atom is 0.147 e. The maximum absolute atomic E-state index is 4.39. The van der Waals surface area contributed by atoms with Crippen molar-refractivity contribution in [2.24, 2.45) is 7.05 Å². The molecule has 2 aromatic rings. The molecule has 16 heavy (non-hydrogen) atoms. The van der Waals surface area contributed by atoms with Crippen molar-refractivity contribution in [2.75, 3.05) is 0 Å². The van der Waals surface area contributed by atoms with E-state index in [1.807, 2.05) is 24.7 Å². The molecule has 4 heteroatoms. The standard InChI is InChI=1S/C12H14BrN3/c1-9-14-12(16(2)15-9)7-6-10-4-3-5-11(13)8-10/h3-5,8H,6-7H2,1-2H3. The number of aromatic nitrogens is 3. The molecule has 2 rings (SSSR count). The Kier molecular flexibility index (Phi) is 3.39. The van der Waals surface area contributed by atoms with Gasteiger partial charge in [0, 0.05) is 17.9 Å². The molecule has 1 aromatic carbocycles. The van der Waals surface area contributed by atoms with E-state index in [0.717, 1.165) is 29.0 Å². The third-order valence-electron chi connectivity index (χ3n) is 2.49. The van der Waals surface area contributed by atoms with Crippen LogP contribution in [0.25, 0.3) is 0 Å². The Morgan fingerprint density at radius 2 is 2.12 bits per heavy atom. The maximum atomic E-state index is 4.39. The minimum Gasteiger partial charge on any atom is -0.253 e. The Hall–Kier alpha value is -1.16. The summed E-state index contributed by atoms with van der Waals surface area (Å²) in [5, 5.41) is 4.24. The van der Waals surface area contributed by atoms with Crippen molar-refractivity contribution in [2.45, 2.75) is 19.8 Å². The molecular formula is C12H14BrN3. The Labute approximate surface area is 104 Å². The second-order valence-electron chi connectivity index (χ2n) is 3.83. The van der Waals surface area contributed by atoms with Gasteiger partial charge in [0.05, 0.1) is 0 Å². The number of nitrogens with zero attached hydrogens (tertiary/aromatic N) is 3. The summed E-state index contributed by atoms with van der Waals surface area (Å²) < 4.78 is 2.98. The van der Waals surface area contributed by atoms with Gasteiger partial charge in [-0.25, -0.2) is 4.98 Å². The fraction of sp³-hybridized carbons (Fsp3) is 0.333. The van der Waals surface area contributed by atoms with E-state index in [-0.39, 0.29) is 0 Å². The highest BCUT2D eigenvalue weighted by atomic mass is 79.9. The molecule has 0 saturated carbocycles. The van der Waals surface area contributed by atoms with Gasteiger partial charge in [-0.2, -0.15) is 5.10 Å². The van der Waals surface area contributed by atoms with Crippen LogP contribution in [0.1, 0.15) is 17.2 Å². The van der Waals surface area contributed by atoms with Crippen LogP contribution in [0.15, 0.2) is 28.7 Å². The molecule has 0 aliphatic rings. The van der Waals surface area contributed by atoms with Crippen LogP contribution >= 0.6 is 15.9 Å². The predicted molar refractivity (Wildman–Crippen MR) is 67.3 cm³/mol. The molecule has 0 aliphatic carbocycles. The van der Waals surface area contributed by atoms with Gasteiger partial charge in [-0.15, -0.1) is 0 Å². The van der Waals surface area contributed by atoms with Crippen molar-refractivity contribution in [1.29, 1.82) is 0 Å². The Morgan fingerprint density at radius 3 is 2.75 bits per heavy atom. The predicted octanol–water partition coefficient (Wildman–Crippen LogP) is 2.67.